The van der Waals surface area contributed by atoms with Crippen molar-refractivity contribution in [3.05, 3.63) is 0 Å². The van der Waals surface area contributed by atoms with Crippen LogP contribution in [-0.4, -0.2) is 31.4 Å². The minimum atomic E-state index is -3.06. The molecule has 2 rings (SSSR count). The Hall–Kier alpha value is -1.09. The van der Waals surface area contributed by atoms with E-state index in [0.29, 0.717) is 19.3 Å². The Morgan fingerprint density at radius 2 is 1.75 bits per heavy atom. The average Bonchev–Trinajstić information content (AvgIpc) is 2.58. The second-order valence-electron chi connectivity index (χ2n) is 6.46. The molecule has 1 saturated carbocycles. The van der Waals surface area contributed by atoms with Gasteiger partial charge in [0.15, 0.2) is 9.84 Å². The van der Waals surface area contributed by atoms with Crippen molar-refractivity contribution in [3.8, 4) is 6.07 Å². The van der Waals surface area contributed by atoms with E-state index in [1.54, 1.807) is 6.92 Å². The summed E-state index contributed by atoms with van der Waals surface area (Å²) in [6.07, 6.45) is 5.48. The summed E-state index contributed by atoms with van der Waals surface area (Å²) in [7, 11) is -3.06. The molecule has 2 fully saturated rings. The molecule has 1 unspecified atom stereocenters. The van der Waals surface area contributed by atoms with Crippen molar-refractivity contribution < 1.29 is 13.2 Å². The molecule has 1 atom stereocenters. The van der Waals surface area contributed by atoms with Crippen LogP contribution in [0.4, 0.5) is 0 Å². The van der Waals surface area contributed by atoms with Crippen LogP contribution >= 0.6 is 0 Å². The zero-order valence-corrected chi connectivity index (χ0v) is 12.8. The molecule has 2 aliphatic rings. The number of rotatable bonds is 2. The predicted octanol–water partition coefficient (Wildman–Crippen LogP) is 1.54. The second-order valence-corrected chi connectivity index (χ2v) is 8.65. The minimum absolute atomic E-state index is 0.0206. The van der Waals surface area contributed by atoms with Crippen LogP contribution in [0.25, 0.3) is 0 Å². The largest absolute Gasteiger partial charge is 0.349 e. The zero-order chi connectivity index (χ0) is 14.9. The standard InChI is InChI=1S/C14H22N2O3S/c1-13(8-9-20(18,19)11-13)16-12(17)14(10-15)6-4-2-3-5-7-14/h2-9,11H2,1H3,(H,16,17). The Morgan fingerprint density at radius 3 is 2.20 bits per heavy atom. The average molecular weight is 298 g/mol. The topological polar surface area (TPSA) is 87.0 Å². The smallest absolute Gasteiger partial charge is 0.240 e. The normalized spacial score (nSPS) is 32.0. The lowest BCUT2D eigenvalue weighted by Crippen LogP contribution is -2.52. The summed E-state index contributed by atoms with van der Waals surface area (Å²) in [4.78, 5) is 12.5. The Labute approximate surface area is 120 Å². The van der Waals surface area contributed by atoms with Crippen molar-refractivity contribution in [3.63, 3.8) is 0 Å². The first kappa shape index (κ1) is 15.3. The first-order valence-electron chi connectivity index (χ1n) is 7.25. The van der Waals surface area contributed by atoms with Gasteiger partial charge in [0.1, 0.15) is 5.41 Å². The monoisotopic (exact) mass is 298 g/mol. The molecule has 0 radical (unpaired) electrons. The van der Waals surface area contributed by atoms with Crippen LogP contribution in [0.2, 0.25) is 0 Å². The van der Waals surface area contributed by atoms with Crippen LogP contribution in [0.3, 0.4) is 0 Å². The van der Waals surface area contributed by atoms with Crippen LogP contribution in [0.5, 0.6) is 0 Å². The first-order valence-corrected chi connectivity index (χ1v) is 9.07. The van der Waals surface area contributed by atoms with E-state index in [4.69, 9.17) is 0 Å². The molecule has 1 aliphatic heterocycles. The third kappa shape index (κ3) is 3.14. The van der Waals surface area contributed by atoms with Crippen LogP contribution in [0, 0.1) is 16.7 Å². The molecule has 1 aliphatic carbocycles. The van der Waals surface area contributed by atoms with Gasteiger partial charge in [0, 0.05) is 0 Å². The number of hydrogen-bond donors (Lipinski definition) is 1. The zero-order valence-electron chi connectivity index (χ0n) is 11.9. The highest BCUT2D eigenvalue weighted by Crippen LogP contribution is 2.36. The maximum absolute atomic E-state index is 12.5. The Kier molecular flexibility index (Phi) is 4.10. The van der Waals surface area contributed by atoms with Crippen molar-refractivity contribution in [2.24, 2.45) is 5.41 Å². The van der Waals surface area contributed by atoms with E-state index in [-0.39, 0.29) is 17.4 Å². The molecule has 1 amide bonds. The van der Waals surface area contributed by atoms with Crippen LogP contribution < -0.4 is 5.32 Å². The third-order valence-electron chi connectivity index (χ3n) is 4.52. The molecular weight excluding hydrogens is 276 g/mol. The summed E-state index contributed by atoms with van der Waals surface area (Å²) in [6.45, 7) is 1.76. The van der Waals surface area contributed by atoms with Crippen LogP contribution in [-0.2, 0) is 14.6 Å². The number of nitrogens with one attached hydrogen (secondary N) is 1. The molecule has 5 nitrogen and oxygen atoms in total. The summed E-state index contributed by atoms with van der Waals surface area (Å²) in [5.74, 6) is -0.183. The fraction of sp³-hybridized carbons (Fsp3) is 0.857. The van der Waals surface area contributed by atoms with Crippen molar-refractivity contribution >= 4 is 15.7 Å². The van der Waals surface area contributed by atoms with Gasteiger partial charge in [-0.25, -0.2) is 8.42 Å². The van der Waals surface area contributed by atoms with Crippen LogP contribution in [0.15, 0.2) is 0 Å². The fourth-order valence-corrected chi connectivity index (χ4v) is 5.32. The molecule has 20 heavy (non-hydrogen) atoms. The Morgan fingerprint density at radius 1 is 1.15 bits per heavy atom. The van der Waals surface area contributed by atoms with Gasteiger partial charge in [0.05, 0.1) is 23.1 Å². The quantitative estimate of drug-likeness (QED) is 0.783. The second kappa shape index (κ2) is 5.36. The summed E-state index contributed by atoms with van der Waals surface area (Å²) in [5.41, 5.74) is -1.68. The SMILES string of the molecule is CC1(NC(=O)C2(C#N)CCCCCC2)CCS(=O)(=O)C1. The van der Waals surface area contributed by atoms with Crippen LogP contribution in [0.1, 0.15) is 51.9 Å². The molecular formula is C14H22N2O3S. The number of sulfone groups is 1. The maximum Gasteiger partial charge on any atom is 0.240 e. The minimum Gasteiger partial charge on any atom is -0.349 e. The molecule has 1 N–H and O–H groups in total. The van der Waals surface area contributed by atoms with Gasteiger partial charge >= 0.3 is 0 Å². The van der Waals surface area contributed by atoms with Gasteiger partial charge in [-0.2, -0.15) is 5.26 Å². The molecule has 0 bridgehead atoms. The van der Waals surface area contributed by atoms with E-state index in [0.717, 1.165) is 25.7 Å². The lowest BCUT2D eigenvalue weighted by molar-refractivity contribution is -0.130. The van der Waals surface area contributed by atoms with Gasteiger partial charge in [-0.1, -0.05) is 25.7 Å². The summed E-state index contributed by atoms with van der Waals surface area (Å²) < 4.78 is 23.2. The van der Waals surface area contributed by atoms with Gasteiger partial charge in [0.2, 0.25) is 5.91 Å². The number of nitriles is 1. The van der Waals surface area contributed by atoms with E-state index in [9.17, 15) is 18.5 Å². The fourth-order valence-electron chi connectivity index (χ4n) is 3.22. The van der Waals surface area contributed by atoms with Gasteiger partial charge in [-0.15, -0.1) is 0 Å². The molecule has 6 heteroatoms. The predicted molar refractivity (Wildman–Crippen MR) is 75.6 cm³/mol. The maximum atomic E-state index is 12.5. The number of nitrogens with zero attached hydrogens (tertiary/aromatic N) is 1. The highest BCUT2D eigenvalue weighted by molar-refractivity contribution is 7.91. The third-order valence-corrected chi connectivity index (χ3v) is 6.43. The molecule has 112 valence electrons. The molecule has 0 aromatic carbocycles. The van der Waals surface area contributed by atoms with E-state index >= 15 is 0 Å². The Bertz CT molecular complexity index is 527. The summed E-state index contributed by atoms with van der Waals surface area (Å²) >= 11 is 0. The molecule has 0 aromatic heterocycles. The lowest BCUT2D eigenvalue weighted by atomic mass is 9.80. The van der Waals surface area contributed by atoms with E-state index in [1.807, 2.05) is 0 Å². The molecule has 0 aromatic rings. The van der Waals surface area contributed by atoms with Gasteiger partial charge in [-0.3, -0.25) is 4.79 Å². The van der Waals surface area contributed by atoms with Crippen molar-refractivity contribution in [2.75, 3.05) is 11.5 Å². The number of amides is 1. The number of hydrogen-bond acceptors (Lipinski definition) is 4. The summed E-state index contributed by atoms with van der Waals surface area (Å²) in [6, 6.07) is 2.21. The highest BCUT2D eigenvalue weighted by atomic mass is 32.2. The highest BCUT2D eigenvalue weighted by Gasteiger charge is 2.45. The van der Waals surface area contributed by atoms with Crippen molar-refractivity contribution in [2.45, 2.75) is 57.4 Å². The molecule has 0 spiro atoms. The molecule has 1 heterocycles. The van der Waals surface area contributed by atoms with Gasteiger partial charge in [0.25, 0.3) is 0 Å². The van der Waals surface area contributed by atoms with E-state index in [1.165, 1.54) is 0 Å². The summed E-state index contributed by atoms with van der Waals surface area (Å²) in [5, 5.41) is 12.3. The van der Waals surface area contributed by atoms with Gasteiger partial charge in [-0.05, 0) is 26.2 Å². The number of carbonyl (C=O) groups is 1. The van der Waals surface area contributed by atoms with E-state index in [2.05, 4.69) is 11.4 Å². The first-order chi connectivity index (χ1) is 9.31. The molecule has 1 saturated heterocycles. The van der Waals surface area contributed by atoms with E-state index < -0.39 is 20.8 Å². The van der Waals surface area contributed by atoms with Gasteiger partial charge < -0.3 is 5.32 Å². The Balaban J connectivity index is 2.12. The lowest BCUT2D eigenvalue weighted by Gasteiger charge is -2.30. The number of carbonyl (C=O) groups excluding carboxylic acids is 1. The van der Waals surface area contributed by atoms with Crippen molar-refractivity contribution in [1.82, 2.24) is 5.32 Å². The van der Waals surface area contributed by atoms with Crippen molar-refractivity contribution in [1.29, 1.82) is 5.26 Å².